The van der Waals surface area contributed by atoms with Gasteiger partial charge in [-0.25, -0.2) is 9.37 Å². The van der Waals surface area contributed by atoms with Crippen LogP contribution >= 0.6 is 0 Å². The number of rotatable bonds is 4. The van der Waals surface area contributed by atoms with Crippen molar-refractivity contribution in [2.45, 2.75) is 12.8 Å². The summed E-state index contributed by atoms with van der Waals surface area (Å²) in [5.74, 6) is -0.0404. The van der Waals surface area contributed by atoms with Gasteiger partial charge in [-0.05, 0) is 37.1 Å². The minimum Gasteiger partial charge on any atom is -0.481 e. The number of anilines is 1. The number of carboxylic acids is 1. The van der Waals surface area contributed by atoms with E-state index in [2.05, 4.69) is 15.1 Å². The maximum atomic E-state index is 13.4. The molecule has 1 aromatic carbocycles. The lowest BCUT2D eigenvalue weighted by Crippen LogP contribution is -2.36. The van der Waals surface area contributed by atoms with Gasteiger partial charge in [0.1, 0.15) is 11.6 Å². The molecule has 1 aliphatic heterocycles. The number of aromatic nitrogens is 3. The largest absolute Gasteiger partial charge is 0.481 e. The molecule has 0 spiro atoms. The Morgan fingerprint density at radius 1 is 1.19 bits per heavy atom. The van der Waals surface area contributed by atoms with Crippen LogP contribution in [0.25, 0.3) is 22.8 Å². The average Bonchev–Trinajstić information content (AvgIpc) is 3.18. The van der Waals surface area contributed by atoms with Crippen LogP contribution in [0.5, 0.6) is 0 Å². The van der Waals surface area contributed by atoms with Crippen LogP contribution in [0.3, 0.4) is 0 Å². The van der Waals surface area contributed by atoms with E-state index in [1.54, 1.807) is 24.4 Å². The van der Waals surface area contributed by atoms with Gasteiger partial charge in [-0.15, -0.1) is 0 Å². The molecule has 0 bridgehead atoms. The number of halogens is 1. The minimum absolute atomic E-state index is 0.297. The lowest BCUT2D eigenvalue weighted by molar-refractivity contribution is -0.142. The fourth-order valence-corrected chi connectivity index (χ4v) is 3.17. The zero-order chi connectivity index (χ0) is 18.8. The van der Waals surface area contributed by atoms with E-state index in [0.29, 0.717) is 48.8 Å². The summed E-state index contributed by atoms with van der Waals surface area (Å²) in [6, 6.07) is 9.60. The van der Waals surface area contributed by atoms with Crippen molar-refractivity contribution in [1.29, 1.82) is 0 Å². The van der Waals surface area contributed by atoms with Crippen molar-refractivity contribution in [3.05, 3.63) is 48.4 Å². The van der Waals surface area contributed by atoms with Crippen molar-refractivity contribution in [1.82, 2.24) is 15.1 Å². The number of benzene rings is 1. The smallest absolute Gasteiger partial charge is 0.306 e. The van der Waals surface area contributed by atoms with Gasteiger partial charge in [0.2, 0.25) is 5.82 Å². The summed E-state index contributed by atoms with van der Waals surface area (Å²) < 4.78 is 18.7. The van der Waals surface area contributed by atoms with Gasteiger partial charge < -0.3 is 14.5 Å². The Labute approximate surface area is 154 Å². The number of piperidine rings is 1. The van der Waals surface area contributed by atoms with E-state index in [4.69, 9.17) is 9.63 Å². The molecule has 3 aromatic rings. The van der Waals surface area contributed by atoms with Gasteiger partial charge >= 0.3 is 5.97 Å². The molecule has 4 rings (SSSR count). The summed E-state index contributed by atoms with van der Waals surface area (Å²) >= 11 is 0. The molecule has 27 heavy (non-hydrogen) atoms. The van der Waals surface area contributed by atoms with E-state index in [1.165, 1.54) is 12.1 Å². The molecule has 7 nitrogen and oxygen atoms in total. The fourth-order valence-electron chi connectivity index (χ4n) is 3.17. The topological polar surface area (TPSA) is 92.3 Å². The van der Waals surface area contributed by atoms with Crippen molar-refractivity contribution >= 4 is 11.8 Å². The Morgan fingerprint density at radius 2 is 2.00 bits per heavy atom. The lowest BCUT2D eigenvalue weighted by atomic mass is 9.97. The second-order valence-electron chi connectivity index (χ2n) is 6.44. The standard InChI is InChI=1S/C19H17FN4O3/c20-15-3-1-2-13(10-15)17-22-18(27-23-17)14-4-7-21-16(11-14)24-8-5-12(6-9-24)19(25)26/h1-4,7,10-12H,5-6,8-9H2,(H,25,26). The van der Waals surface area contributed by atoms with Gasteiger partial charge in [0, 0.05) is 30.4 Å². The molecule has 0 unspecified atom stereocenters. The first-order chi connectivity index (χ1) is 13.1. The van der Waals surface area contributed by atoms with E-state index in [-0.39, 0.29) is 11.7 Å². The van der Waals surface area contributed by atoms with Crippen LogP contribution in [-0.2, 0) is 4.79 Å². The summed E-state index contributed by atoms with van der Waals surface area (Å²) in [4.78, 5) is 21.9. The molecular formula is C19H17FN4O3. The second-order valence-corrected chi connectivity index (χ2v) is 6.44. The summed E-state index contributed by atoms with van der Waals surface area (Å²) in [5.41, 5.74) is 1.24. The Hall–Kier alpha value is -3.29. The SMILES string of the molecule is O=C(O)C1CCN(c2cc(-c3nc(-c4cccc(F)c4)no3)ccn2)CC1. The highest BCUT2D eigenvalue weighted by Gasteiger charge is 2.25. The van der Waals surface area contributed by atoms with Gasteiger partial charge in [0.05, 0.1) is 5.92 Å². The number of hydrogen-bond acceptors (Lipinski definition) is 6. The molecule has 0 amide bonds. The Kier molecular flexibility index (Phi) is 4.53. The molecular weight excluding hydrogens is 351 g/mol. The molecule has 0 atom stereocenters. The highest BCUT2D eigenvalue weighted by Crippen LogP contribution is 2.27. The molecule has 2 aromatic heterocycles. The van der Waals surface area contributed by atoms with E-state index in [9.17, 15) is 9.18 Å². The van der Waals surface area contributed by atoms with Crippen LogP contribution in [0, 0.1) is 11.7 Å². The number of aliphatic carboxylic acids is 1. The first-order valence-electron chi connectivity index (χ1n) is 8.64. The maximum absolute atomic E-state index is 13.4. The Balaban J connectivity index is 1.54. The van der Waals surface area contributed by atoms with Crippen molar-refractivity contribution in [3.63, 3.8) is 0 Å². The third-order valence-corrected chi connectivity index (χ3v) is 4.67. The zero-order valence-corrected chi connectivity index (χ0v) is 14.4. The summed E-state index contributed by atoms with van der Waals surface area (Å²) in [6.07, 6.45) is 2.83. The highest BCUT2D eigenvalue weighted by atomic mass is 19.1. The van der Waals surface area contributed by atoms with E-state index in [0.717, 1.165) is 5.82 Å². The van der Waals surface area contributed by atoms with Crippen molar-refractivity contribution in [2.75, 3.05) is 18.0 Å². The molecule has 8 heteroatoms. The van der Waals surface area contributed by atoms with Crippen molar-refractivity contribution in [2.24, 2.45) is 5.92 Å². The van der Waals surface area contributed by atoms with Crippen LogP contribution in [0.4, 0.5) is 10.2 Å². The molecule has 138 valence electrons. The third-order valence-electron chi connectivity index (χ3n) is 4.67. The minimum atomic E-state index is -0.743. The zero-order valence-electron chi connectivity index (χ0n) is 14.4. The van der Waals surface area contributed by atoms with Gasteiger partial charge in [0.15, 0.2) is 0 Å². The summed E-state index contributed by atoms with van der Waals surface area (Å²) in [6.45, 7) is 1.26. The average molecular weight is 368 g/mol. The van der Waals surface area contributed by atoms with Crippen molar-refractivity contribution < 1.29 is 18.8 Å². The second kappa shape index (κ2) is 7.14. The molecule has 0 saturated carbocycles. The van der Waals surface area contributed by atoms with Gasteiger partial charge in [-0.2, -0.15) is 4.98 Å². The van der Waals surface area contributed by atoms with Crippen LogP contribution in [0.2, 0.25) is 0 Å². The fraction of sp³-hybridized carbons (Fsp3) is 0.263. The first-order valence-corrected chi connectivity index (χ1v) is 8.64. The van der Waals surface area contributed by atoms with Crippen LogP contribution in [0.15, 0.2) is 47.1 Å². The maximum Gasteiger partial charge on any atom is 0.306 e. The van der Waals surface area contributed by atoms with Crippen molar-refractivity contribution in [3.8, 4) is 22.8 Å². The number of carbonyl (C=O) groups is 1. The van der Waals surface area contributed by atoms with E-state index in [1.807, 2.05) is 11.0 Å². The highest BCUT2D eigenvalue weighted by molar-refractivity contribution is 5.70. The van der Waals surface area contributed by atoms with E-state index < -0.39 is 5.97 Å². The number of nitrogens with zero attached hydrogens (tertiary/aromatic N) is 4. The van der Waals surface area contributed by atoms with Crippen LogP contribution in [0.1, 0.15) is 12.8 Å². The van der Waals surface area contributed by atoms with Gasteiger partial charge in [-0.1, -0.05) is 17.3 Å². The van der Waals surface area contributed by atoms with Gasteiger partial charge in [-0.3, -0.25) is 4.79 Å². The van der Waals surface area contributed by atoms with Crippen LogP contribution in [-0.4, -0.2) is 39.3 Å². The lowest BCUT2D eigenvalue weighted by Gasteiger charge is -2.31. The molecule has 1 saturated heterocycles. The molecule has 0 radical (unpaired) electrons. The number of carboxylic acid groups (broad SMARTS) is 1. The Morgan fingerprint density at radius 3 is 2.74 bits per heavy atom. The number of pyridine rings is 1. The Bertz CT molecular complexity index is 967. The quantitative estimate of drug-likeness (QED) is 0.756. The summed E-state index contributed by atoms with van der Waals surface area (Å²) in [5, 5.41) is 13.0. The predicted molar refractivity (Wildman–Crippen MR) is 95.5 cm³/mol. The third kappa shape index (κ3) is 3.64. The molecule has 1 N–H and O–H groups in total. The first kappa shape index (κ1) is 17.1. The molecule has 1 aliphatic rings. The molecule has 3 heterocycles. The normalized spacial score (nSPS) is 15.1. The van der Waals surface area contributed by atoms with Crippen LogP contribution < -0.4 is 4.90 Å². The molecule has 1 fully saturated rings. The summed E-state index contributed by atoms with van der Waals surface area (Å²) in [7, 11) is 0. The number of hydrogen-bond donors (Lipinski definition) is 1. The molecule has 0 aliphatic carbocycles. The predicted octanol–water partition coefficient (Wildman–Crippen LogP) is 3.24. The monoisotopic (exact) mass is 368 g/mol. The van der Waals surface area contributed by atoms with E-state index >= 15 is 0 Å². The van der Waals surface area contributed by atoms with Gasteiger partial charge in [0.25, 0.3) is 5.89 Å².